The van der Waals surface area contributed by atoms with Crippen LogP contribution in [0.1, 0.15) is 44.2 Å². The number of ether oxygens (including phenoxy) is 2. The number of nitrogens with zero attached hydrogens (tertiary/aromatic N) is 2. The van der Waals surface area contributed by atoms with Gasteiger partial charge in [0.25, 0.3) is 10.0 Å². The van der Waals surface area contributed by atoms with Crippen LogP contribution in [-0.2, 0) is 26.2 Å². The number of anilines is 1. The molecule has 0 aliphatic carbocycles. The normalized spacial score (nSPS) is 11.8. The molecule has 3 aromatic carbocycles. The molecule has 2 amide bonds. The number of amides is 2. The largest absolute Gasteiger partial charge is 0.497 e. The molecule has 0 fully saturated rings. The molecule has 226 valence electrons. The fourth-order valence-electron chi connectivity index (χ4n) is 4.62. The summed E-state index contributed by atoms with van der Waals surface area (Å²) in [5, 5.41) is 2.94. The lowest BCUT2D eigenvalue weighted by atomic mass is 10.1. The van der Waals surface area contributed by atoms with Crippen molar-refractivity contribution in [1.82, 2.24) is 10.2 Å². The van der Waals surface area contributed by atoms with E-state index in [1.165, 1.54) is 37.3 Å². The topological polar surface area (TPSA) is 105 Å². The van der Waals surface area contributed by atoms with Gasteiger partial charge in [0.2, 0.25) is 11.8 Å². The molecule has 3 rings (SSSR count). The number of rotatable bonds is 15. The van der Waals surface area contributed by atoms with Crippen molar-refractivity contribution in [3.05, 3.63) is 83.9 Å². The summed E-state index contributed by atoms with van der Waals surface area (Å²) < 4.78 is 40.1. The predicted octanol–water partition coefficient (Wildman–Crippen LogP) is 4.93. The standard InChI is InChI=1S/C32H41N3O6S/c1-6-8-20-33-32(37)28(7-2)34(22-25-15-13-12-14-24(25)3)31(36)23-35(42(38,39)27-16-10-9-11-17-27)29-21-26(40-4)18-19-30(29)41-5/h9-19,21,28H,6-8,20,22-23H2,1-5H3,(H,33,37). The molecular formula is C32H41N3O6S. The Hall–Kier alpha value is -4.05. The number of unbranched alkanes of at least 4 members (excludes halogenated alkanes) is 1. The molecule has 0 spiro atoms. The maximum Gasteiger partial charge on any atom is 0.264 e. The second-order valence-electron chi connectivity index (χ2n) is 9.88. The highest BCUT2D eigenvalue weighted by Gasteiger charge is 2.35. The van der Waals surface area contributed by atoms with E-state index in [2.05, 4.69) is 5.32 Å². The van der Waals surface area contributed by atoms with Crippen LogP contribution in [0.25, 0.3) is 0 Å². The Balaban J connectivity index is 2.12. The number of carbonyl (C=O) groups excluding carboxylic acids is 2. The van der Waals surface area contributed by atoms with Crippen molar-refractivity contribution < 1.29 is 27.5 Å². The van der Waals surface area contributed by atoms with E-state index in [4.69, 9.17) is 9.47 Å². The molecule has 0 bridgehead atoms. The fourth-order valence-corrected chi connectivity index (χ4v) is 6.06. The highest BCUT2D eigenvalue weighted by molar-refractivity contribution is 7.92. The van der Waals surface area contributed by atoms with Crippen molar-refractivity contribution in [3.63, 3.8) is 0 Å². The van der Waals surface area contributed by atoms with E-state index in [1.807, 2.05) is 45.0 Å². The van der Waals surface area contributed by atoms with Crippen molar-refractivity contribution in [2.24, 2.45) is 0 Å². The van der Waals surface area contributed by atoms with Gasteiger partial charge in [-0.1, -0.05) is 62.7 Å². The summed E-state index contributed by atoms with van der Waals surface area (Å²) in [5.74, 6) is -0.160. The van der Waals surface area contributed by atoms with Crippen LogP contribution >= 0.6 is 0 Å². The van der Waals surface area contributed by atoms with Gasteiger partial charge in [-0.05, 0) is 55.2 Å². The van der Waals surface area contributed by atoms with E-state index in [0.717, 1.165) is 28.3 Å². The van der Waals surface area contributed by atoms with Gasteiger partial charge < -0.3 is 19.7 Å². The Bertz CT molecular complexity index is 1450. The van der Waals surface area contributed by atoms with Gasteiger partial charge in [-0.2, -0.15) is 0 Å². The van der Waals surface area contributed by atoms with Crippen molar-refractivity contribution in [1.29, 1.82) is 0 Å². The van der Waals surface area contributed by atoms with Crippen molar-refractivity contribution in [3.8, 4) is 11.5 Å². The predicted molar refractivity (Wildman–Crippen MR) is 164 cm³/mol. The van der Waals surface area contributed by atoms with Crippen LogP contribution in [0, 0.1) is 6.92 Å². The molecule has 0 heterocycles. The zero-order valence-electron chi connectivity index (χ0n) is 25.0. The summed E-state index contributed by atoms with van der Waals surface area (Å²) in [5.41, 5.74) is 1.96. The molecule has 0 radical (unpaired) electrons. The first-order valence-electron chi connectivity index (χ1n) is 14.1. The number of methoxy groups -OCH3 is 2. The first-order chi connectivity index (χ1) is 20.2. The van der Waals surface area contributed by atoms with Crippen LogP contribution in [0.15, 0.2) is 77.7 Å². The number of benzene rings is 3. The quantitative estimate of drug-likeness (QED) is 0.250. The average molecular weight is 596 g/mol. The minimum atomic E-state index is -4.24. The lowest BCUT2D eigenvalue weighted by molar-refractivity contribution is -0.140. The van der Waals surface area contributed by atoms with E-state index < -0.39 is 28.5 Å². The molecule has 9 nitrogen and oxygen atoms in total. The van der Waals surface area contributed by atoms with Gasteiger partial charge in [-0.3, -0.25) is 13.9 Å². The third-order valence-corrected chi connectivity index (χ3v) is 8.86. The Morgan fingerprint density at radius 1 is 0.929 bits per heavy atom. The van der Waals surface area contributed by atoms with Crippen LogP contribution in [0.5, 0.6) is 11.5 Å². The van der Waals surface area contributed by atoms with Crippen molar-refractivity contribution >= 4 is 27.5 Å². The SMILES string of the molecule is CCCCNC(=O)C(CC)N(Cc1ccccc1C)C(=O)CN(c1cc(OC)ccc1OC)S(=O)(=O)c1ccccc1. The van der Waals surface area contributed by atoms with E-state index in [-0.39, 0.29) is 28.8 Å². The molecular weight excluding hydrogens is 554 g/mol. The van der Waals surface area contributed by atoms with Crippen molar-refractivity contribution in [2.75, 3.05) is 31.6 Å². The molecule has 1 atom stereocenters. The van der Waals surface area contributed by atoms with Crippen LogP contribution in [0.4, 0.5) is 5.69 Å². The fraction of sp³-hybridized carbons (Fsp3) is 0.375. The highest BCUT2D eigenvalue weighted by atomic mass is 32.2. The number of hydrogen-bond acceptors (Lipinski definition) is 6. The average Bonchev–Trinajstić information content (AvgIpc) is 3.00. The molecule has 0 aromatic heterocycles. The van der Waals surface area contributed by atoms with Crippen LogP contribution in [-0.4, -0.2) is 58.5 Å². The van der Waals surface area contributed by atoms with Gasteiger partial charge in [-0.15, -0.1) is 0 Å². The molecule has 0 aliphatic rings. The molecule has 0 saturated carbocycles. The number of hydrogen-bond donors (Lipinski definition) is 1. The second kappa shape index (κ2) is 15.3. The second-order valence-corrected chi connectivity index (χ2v) is 11.7. The minimum Gasteiger partial charge on any atom is -0.497 e. The maximum atomic E-state index is 14.3. The van der Waals surface area contributed by atoms with Gasteiger partial charge in [0.05, 0.1) is 24.8 Å². The summed E-state index contributed by atoms with van der Waals surface area (Å²) in [6.45, 7) is 5.88. The monoisotopic (exact) mass is 595 g/mol. The van der Waals surface area contributed by atoms with Gasteiger partial charge in [0.1, 0.15) is 24.1 Å². The molecule has 1 N–H and O–H groups in total. The number of aryl methyl sites for hydroxylation is 1. The van der Waals surface area contributed by atoms with Crippen LogP contribution < -0.4 is 19.1 Å². The first-order valence-corrected chi connectivity index (χ1v) is 15.5. The smallest absolute Gasteiger partial charge is 0.264 e. The molecule has 42 heavy (non-hydrogen) atoms. The number of sulfonamides is 1. The molecule has 3 aromatic rings. The van der Waals surface area contributed by atoms with Gasteiger partial charge in [0.15, 0.2) is 0 Å². The Kier molecular flexibility index (Phi) is 11.8. The van der Waals surface area contributed by atoms with Gasteiger partial charge >= 0.3 is 0 Å². The lowest BCUT2D eigenvalue weighted by Crippen LogP contribution is -2.52. The maximum absolute atomic E-state index is 14.3. The molecule has 10 heteroatoms. The zero-order valence-corrected chi connectivity index (χ0v) is 25.8. The summed E-state index contributed by atoms with van der Waals surface area (Å²) >= 11 is 0. The van der Waals surface area contributed by atoms with Crippen LogP contribution in [0.2, 0.25) is 0 Å². The first kappa shape index (κ1) is 32.5. The number of carbonyl (C=O) groups is 2. The Morgan fingerprint density at radius 2 is 1.62 bits per heavy atom. The van der Waals surface area contributed by atoms with Crippen LogP contribution in [0.3, 0.4) is 0 Å². The summed E-state index contributed by atoms with van der Waals surface area (Å²) in [6, 6.07) is 19.5. The van der Waals surface area contributed by atoms with Gasteiger partial charge in [0, 0.05) is 19.2 Å². The summed E-state index contributed by atoms with van der Waals surface area (Å²) in [6.07, 6.45) is 2.08. The molecule has 0 saturated heterocycles. The molecule has 1 unspecified atom stereocenters. The number of nitrogens with one attached hydrogen (secondary N) is 1. The third kappa shape index (κ3) is 7.82. The zero-order chi connectivity index (χ0) is 30.7. The summed E-state index contributed by atoms with van der Waals surface area (Å²) in [7, 11) is -1.34. The highest BCUT2D eigenvalue weighted by Crippen LogP contribution is 2.36. The molecule has 0 aliphatic heterocycles. The van der Waals surface area contributed by atoms with E-state index in [0.29, 0.717) is 18.7 Å². The lowest BCUT2D eigenvalue weighted by Gasteiger charge is -2.34. The summed E-state index contributed by atoms with van der Waals surface area (Å²) in [4.78, 5) is 29.1. The van der Waals surface area contributed by atoms with E-state index in [9.17, 15) is 18.0 Å². The van der Waals surface area contributed by atoms with Crippen molar-refractivity contribution in [2.45, 2.75) is 57.5 Å². The third-order valence-electron chi connectivity index (χ3n) is 7.08. The van der Waals surface area contributed by atoms with E-state index >= 15 is 0 Å². The Labute approximate surface area is 249 Å². The minimum absolute atomic E-state index is 0.0116. The Morgan fingerprint density at radius 3 is 2.24 bits per heavy atom. The van der Waals surface area contributed by atoms with E-state index in [1.54, 1.807) is 30.3 Å². The van der Waals surface area contributed by atoms with Gasteiger partial charge in [-0.25, -0.2) is 8.42 Å².